The maximum Gasteiger partial charge on any atom is 0.338 e. The maximum absolute atomic E-state index is 11.7. The van der Waals surface area contributed by atoms with E-state index < -0.39 is 0 Å². The van der Waals surface area contributed by atoms with E-state index in [1.807, 2.05) is 6.07 Å². The van der Waals surface area contributed by atoms with Crippen LogP contribution in [0.2, 0.25) is 0 Å². The number of hydrogen-bond donors (Lipinski definition) is 1. The van der Waals surface area contributed by atoms with Crippen LogP contribution in [0.5, 0.6) is 0 Å². The zero-order valence-corrected chi connectivity index (χ0v) is 11.5. The predicted molar refractivity (Wildman–Crippen MR) is 73.9 cm³/mol. The summed E-state index contributed by atoms with van der Waals surface area (Å²) in [4.78, 5) is 22.7. The van der Waals surface area contributed by atoms with Crippen LogP contribution in [0.1, 0.15) is 43.5 Å². The highest BCUT2D eigenvalue weighted by atomic mass is 16.5. The van der Waals surface area contributed by atoms with Crippen LogP contribution >= 0.6 is 0 Å². The molecule has 0 unspecified atom stereocenters. The number of hydrogen-bond acceptors (Lipinski definition) is 3. The summed E-state index contributed by atoms with van der Waals surface area (Å²) < 4.78 is 5.20. The van der Waals surface area contributed by atoms with Gasteiger partial charge in [-0.1, -0.05) is 31.5 Å². The van der Waals surface area contributed by atoms with Gasteiger partial charge in [-0.15, -0.1) is 0 Å². The number of benzene rings is 1. The van der Waals surface area contributed by atoms with Gasteiger partial charge >= 0.3 is 5.97 Å². The van der Waals surface area contributed by atoms with Crippen molar-refractivity contribution in [3.63, 3.8) is 0 Å². The van der Waals surface area contributed by atoms with Gasteiger partial charge in [0.1, 0.15) is 0 Å². The number of rotatable bonds is 7. The fourth-order valence-corrected chi connectivity index (χ4v) is 1.88. The molecular formula is C15H21NO3. The number of nitrogens with one attached hydrogen (secondary N) is 1. The molecule has 0 spiro atoms. The van der Waals surface area contributed by atoms with Crippen LogP contribution in [0.15, 0.2) is 30.3 Å². The molecule has 0 aliphatic carbocycles. The number of carbonyl (C=O) groups is 2. The Morgan fingerprint density at radius 2 is 1.89 bits per heavy atom. The van der Waals surface area contributed by atoms with E-state index in [1.54, 1.807) is 24.3 Å². The Kier molecular flexibility index (Phi) is 6.64. The van der Waals surface area contributed by atoms with Crippen molar-refractivity contribution in [2.24, 2.45) is 0 Å². The minimum atomic E-state index is -0.321. The molecule has 0 heterocycles. The summed E-state index contributed by atoms with van der Waals surface area (Å²) in [7, 11) is 0. The van der Waals surface area contributed by atoms with Crippen LogP contribution in [0.4, 0.5) is 0 Å². The van der Waals surface area contributed by atoms with E-state index >= 15 is 0 Å². The van der Waals surface area contributed by atoms with Crippen LogP contribution in [-0.4, -0.2) is 24.5 Å². The van der Waals surface area contributed by atoms with Crippen molar-refractivity contribution in [3.8, 4) is 0 Å². The second kappa shape index (κ2) is 8.29. The third kappa shape index (κ3) is 6.04. The molecule has 0 radical (unpaired) electrons. The lowest BCUT2D eigenvalue weighted by Crippen LogP contribution is -2.34. The number of amides is 1. The van der Waals surface area contributed by atoms with Gasteiger partial charge in [0.15, 0.2) is 0 Å². The Hall–Kier alpha value is -1.84. The summed E-state index contributed by atoms with van der Waals surface area (Å²) in [6, 6.07) is 8.97. The van der Waals surface area contributed by atoms with Gasteiger partial charge in [0.2, 0.25) is 5.91 Å². The van der Waals surface area contributed by atoms with Crippen molar-refractivity contribution >= 4 is 11.9 Å². The lowest BCUT2D eigenvalue weighted by molar-refractivity contribution is -0.119. The molecule has 104 valence electrons. The molecule has 0 saturated carbocycles. The molecule has 0 aliphatic rings. The van der Waals surface area contributed by atoms with E-state index in [9.17, 15) is 9.59 Å². The minimum Gasteiger partial charge on any atom is -0.462 e. The van der Waals surface area contributed by atoms with Crippen molar-refractivity contribution in [1.29, 1.82) is 0 Å². The van der Waals surface area contributed by atoms with Crippen molar-refractivity contribution in [3.05, 3.63) is 35.9 Å². The topological polar surface area (TPSA) is 55.4 Å². The molecule has 4 heteroatoms. The summed E-state index contributed by atoms with van der Waals surface area (Å²) in [5.41, 5.74) is 0.550. The monoisotopic (exact) mass is 263 g/mol. The molecule has 1 amide bonds. The molecule has 0 aromatic heterocycles. The van der Waals surface area contributed by atoms with Crippen LogP contribution in [0.25, 0.3) is 0 Å². The minimum absolute atomic E-state index is 0.0483. The maximum atomic E-state index is 11.7. The first kappa shape index (κ1) is 15.2. The van der Waals surface area contributed by atoms with E-state index in [1.165, 1.54) is 6.92 Å². The third-order valence-electron chi connectivity index (χ3n) is 2.75. The first-order valence-corrected chi connectivity index (χ1v) is 6.62. The molecule has 1 rings (SSSR count). The number of ether oxygens (including phenoxy) is 1. The van der Waals surface area contributed by atoms with Crippen molar-refractivity contribution in [2.45, 2.75) is 39.2 Å². The predicted octanol–water partition coefficient (Wildman–Crippen LogP) is 2.54. The Balaban J connectivity index is 2.35. The van der Waals surface area contributed by atoms with Crippen molar-refractivity contribution in [2.75, 3.05) is 6.61 Å². The summed E-state index contributed by atoms with van der Waals surface area (Å²) >= 11 is 0. The second-order valence-electron chi connectivity index (χ2n) is 4.48. The third-order valence-corrected chi connectivity index (χ3v) is 2.75. The molecular weight excluding hydrogens is 242 g/mol. The largest absolute Gasteiger partial charge is 0.462 e. The molecule has 1 aromatic rings. The summed E-state index contributed by atoms with van der Waals surface area (Å²) in [6.07, 6.45) is 2.52. The molecule has 4 nitrogen and oxygen atoms in total. The highest BCUT2D eigenvalue weighted by molar-refractivity contribution is 5.89. The van der Waals surface area contributed by atoms with Gasteiger partial charge in [0, 0.05) is 19.4 Å². The Labute approximate surface area is 114 Å². The first-order chi connectivity index (χ1) is 9.13. The molecule has 0 fully saturated rings. The molecule has 0 saturated heterocycles. The summed E-state index contributed by atoms with van der Waals surface area (Å²) in [5, 5.41) is 2.86. The van der Waals surface area contributed by atoms with Gasteiger partial charge in [-0.3, -0.25) is 4.79 Å². The van der Waals surface area contributed by atoms with E-state index in [4.69, 9.17) is 4.74 Å². The van der Waals surface area contributed by atoms with Crippen LogP contribution < -0.4 is 5.32 Å². The van der Waals surface area contributed by atoms with E-state index in [0.29, 0.717) is 18.6 Å². The van der Waals surface area contributed by atoms with Crippen LogP contribution in [0.3, 0.4) is 0 Å². The van der Waals surface area contributed by atoms with Gasteiger partial charge in [-0.2, -0.15) is 0 Å². The molecule has 0 bridgehead atoms. The fourth-order valence-electron chi connectivity index (χ4n) is 1.88. The van der Waals surface area contributed by atoms with Gasteiger partial charge < -0.3 is 10.1 Å². The SMILES string of the molecule is CCC[C@H](CCOC(=O)c1ccccc1)NC(C)=O. The van der Waals surface area contributed by atoms with Crippen molar-refractivity contribution in [1.82, 2.24) is 5.32 Å². The van der Waals surface area contributed by atoms with Gasteiger partial charge in [0.05, 0.1) is 12.2 Å². The average Bonchev–Trinajstić information content (AvgIpc) is 2.39. The summed E-state index contributed by atoms with van der Waals surface area (Å²) in [6.45, 7) is 3.88. The Bertz CT molecular complexity index is 403. The molecule has 1 atom stereocenters. The first-order valence-electron chi connectivity index (χ1n) is 6.62. The quantitative estimate of drug-likeness (QED) is 0.769. The van der Waals surface area contributed by atoms with Gasteiger partial charge in [0.25, 0.3) is 0 Å². The fraction of sp³-hybridized carbons (Fsp3) is 0.467. The van der Waals surface area contributed by atoms with Crippen LogP contribution in [0, 0.1) is 0 Å². The lowest BCUT2D eigenvalue weighted by Gasteiger charge is -2.16. The smallest absolute Gasteiger partial charge is 0.338 e. The van der Waals surface area contributed by atoms with E-state index in [2.05, 4.69) is 12.2 Å². The number of esters is 1. The average molecular weight is 263 g/mol. The molecule has 1 N–H and O–H groups in total. The highest BCUT2D eigenvalue weighted by Gasteiger charge is 2.11. The lowest BCUT2D eigenvalue weighted by atomic mass is 10.1. The molecule has 1 aromatic carbocycles. The number of carbonyl (C=O) groups excluding carboxylic acids is 2. The zero-order valence-electron chi connectivity index (χ0n) is 11.5. The summed E-state index contributed by atoms with van der Waals surface area (Å²) in [5.74, 6) is -0.369. The van der Waals surface area contributed by atoms with Gasteiger partial charge in [-0.05, 0) is 18.6 Å². The highest BCUT2D eigenvalue weighted by Crippen LogP contribution is 2.05. The normalized spacial score (nSPS) is 11.7. The van der Waals surface area contributed by atoms with E-state index in [0.717, 1.165) is 12.8 Å². The Morgan fingerprint density at radius 3 is 2.47 bits per heavy atom. The van der Waals surface area contributed by atoms with Gasteiger partial charge in [-0.25, -0.2) is 4.79 Å². The standard InChI is InChI=1S/C15H21NO3/c1-3-7-14(16-12(2)17)10-11-19-15(18)13-8-5-4-6-9-13/h4-6,8-9,14H,3,7,10-11H2,1-2H3,(H,16,17)/t14-/m1/s1. The Morgan fingerprint density at radius 1 is 1.21 bits per heavy atom. The molecule has 0 aliphatic heterocycles. The van der Waals surface area contributed by atoms with Crippen LogP contribution in [-0.2, 0) is 9.53 Å². The molecule has 19 heavy (non-hydrogen) atoms. The van der Waals surface area contributed by atoms with E-state index in [-0.39, 0.29) is 17.9 Å². The second-order valence-corrected chi connectivity index (χ2v) is 4.48. The zero-order chi connectivity index (χ0) is 14.1. The van der Waals surface area contributed by atoms with Crippen molar-refractivity contribution < 1.29 is 14.3 Å².